The van der Waals surface area contributed by atoms with Crippen LogP contribution in [0.5, 0.6) is 5.75 Å². The molecule has 8 heteroatoms. The third-order valence-electron chi connectivity index (χ3n) is 4.49. The minimum atomic E-state index is -0.630. The number of esters is 1. The predicted octanol–water partition coefficient (Wildman–Crippen LogP) is 3.51. The summed E-state index contributed by atoms with van der Waals surface area (Å²) >= 11 is 11.8. The fourth-order valence-corrected chi connectivity index (χ4v) is 3.51. The summed E-state index contributed by atoms with van der Waals surface area (Å²) < 4.78 is 10.3. The summed E-state index contributed by atoms with van der Waals surface area (Å²) in [6, 6.07) is 12.2. The Hall–Kier alpha value is -2.44. The van der Waals surface area contributed by atoms with Gasteiger partial charge in [0.05, 0.1) is 12.7 Å². The molecule has 0 aliphatic carbocycles. The van der Waals surface area contributed by atoms with E-state index in [9.17, 15) is 9.59 Å². The third-order valence-corrected chi connectivity index (χ3v) is 4.93. The Kier molecular flexibility index (Phi) is 6.65. The fraction of sp³-hybridized carbons (Fsp3) is 0.300. The number of amides is 1. The molecule has 1 amide bonds. The molecule has 0 unspecified atom stereocenters. The average Bonchev–Trinajstić information content (AvgIpc) is 2.71. The zero-order valence-electron chi connectivity index (χ0n) is 15.4. The zero-order chi connectivity index (χ0) is 20.1. The maximum atomic E-state index is 12.4. The first-order valence-electron chi connectivity index (χ1n) is 8.76. The molecule has 1 aliphatic rings. The molecule has 0 bridgehead atoms. The van der Waals surface area contributed by atoms with Crippen LogP contribution in [0.2, 0.25) is 10.0 Å². The van der Waals surface area contributed by atoms with E-state index in [0.29, 0.717) is 36.2 Å². The number of nitrogens with zero attached hydrogens (tertiary/aromatic N) is 2. The van der Waals surface area contributed by atoms with Crippen molar-refractivity contribution < 1.29 is 19.1 Å². The van der Waals surface area contributed by atoms with Crippen LogP contribution >= 0.6 is 23.2 Å². The smallest absolute Gasteiger partial charge is 0.338 e. The highest BCUT2D eigenvalue weighted by Gasteiger charge is 2.22. The molecule has 0 aromatic heterocycles. The normalized spacial score (nSPS) is 14.0. The van der Waals surface area contributed by atoms with Crippen LogP contribution in [0, 0.1) is 0 Å². The minimum absolute atomic E-state index is 0.217. The molecule has 0 saturated carbocycles. The van der Waals surface area contributed by atoms with Crippen molar-refractivity contribution in [3.8, 4) is 5.75 Å². The molecule has 1 heterocycles. The van der Waals surface area contributed by atoms with E-state index < -0.39 is 5.97 Å². The van der Waals surface area contributed by atoms with Gasteiger partial charge < -0.3 is 19.3 Å². The molecule has 3 rings (SSSR count). The first kappa shape index (κ1) is 20.3. The van der Waals surface area contributed by atoms with E-state index >= 15 is 0 Å². The number of benzene rings is 2. The van der Waals surface area contributed by atoms with Gasteiger partial charge in [-0.05, 0) is 42.5 Å². The number of rotatable bonds is 5. The summed E-state index contributed by atoms with van der Waals surface area (Å²) in [5.74, 6) is -0.0501. The molecule has 1 aliphatic heterocycles. The minimum Gasteiger partial charge on any atom is -0.497 e. The molecule has 2 aromatic rings. The van der Waals surface area contributed by atoms with Gasteiger partial charge in [-0.25, -0.2) is 4.79 Å². The summed E-state index contributed by atoms with van der Waals surface area (Å²) in [5.41, 5.74) is 1.30. The molecule has 0 radical (unpaired) electrons. The fourth-order valence-electron chi connectivity index (χ4n) is 2.98. The summed E-state index contributed by atoms with van der Waals surface area (Å²) in [7, 11) is 1.63. The molecule has 0 atom stereocenters. The lowest BCUT2D eigenvalue weighted by atomic mass is 10.2. The molecule has 2 aromatic carbocycles. The maximum Gasteiger partial charge on any atom is 0.338 e. The van der Waals surface area contributed by atoms with Gasteiger partial charge in [0, 0.05) is 41.9 Å². The second-order valence-corrected chi connectivity index (χ2v) is 7.17. The second-order valence-electron chi connectivity index (χ2n) is 6.30. The van der Waals surface area contributed by atoms with Crippen molar-refractivity contribution in [3.63, 3.8) is 0 Å². The van der Waals surface area contributed by atoms with Gasteiger partial charge in [-0.1, -0.05) is 23.2 Å². The Labute approximate surface area is 173 Å². The number of carbonyl (C=O) groups is 2. The molecular formula is C20H20Cl2N2O4. The van der Waals surface area contributed by atoms with Gasteiger partial charge in [-0.2, -0.15) is 0 Å². The lowest BCUT2D eigenvalue weighted by molar-refractivity contribution is -0.134. The number of carbonyl (C=O) groups excluding carboxylic acids is 2. The van der Waals surface area contributed by atoms with Crippen LogP contribution in [0.25, 0.3) is 0 Å². The lowest BCUT2D eigenvalue weighted by Gasteiger charge is -2.36. The number of halogens is 2. The number of anilines is 1. The Morgan fingerprint density at radius 3 is 2.14 bits per heavy atom. The first-order valence-corrected chi connectivity index (χ1v) is 9.52. The van der Waals surface area contributed by atoms with Crippen LogP contribution in [-0.4, -0.2) is 56.7 Å². The molecule has 1 saturated heterocycles. The van der Waals surface area contributed by atoms with E-state index in [2.05, 4.69) is 4.90 Å². The number of hydrogen-bond donors (Lipinski definition) is 0. The van der Waals surface area contributed by atoms with Crippen LogP contribution in [0.15, 0.2) is 42.5 Å². The molecule has 1 fully saturated rings. The van der Waals surface area contributed by atoms with Crippen LogP contribution < -0.4 is 9.64 Å². The van der Waals surface area contributed by atoms with Crippen LogP contribution in [0.3, 0.4) is 0 Å². The molecule has 0 spiro atoms. The zero-order valence-corrected chi connectivity index (χ0v) is 16.9. The van der Waals surface area contributed by atoms with Crippen molar-refractivity contribution in [2.75, 3.05) is 44.8 Å². The molecule has 148 valence electrons. The standard InChI is InChI=1S/C20H20Cl2N2O4/c1-27-18-4-2-17(3-5-18)23-6-8-24(9-7-23)19(25)13-28-20(26)14-10-15(21)12-16(22)11-14/h2-5,10-12H,6-9,13H2,1H3. The first-order chi connectivity index (χ1) is 13.5. The van der Waals surface area contributed by atoms with Crippen LogP contribution in [-0.2, 0) is 9.53 Å². The van der Waals surface area contributed by atoms with E-state index in [1.807, 2.05) is 24.3 Å². The van der Waals surface area contributed by atoms with E-state index in [-0.39, 0.29) is 18.1 Å². The van der Waals surface area contributed by atoms with Crippen LogP contribution in [0.4, 0.5) is 5.69 Å². The van der Waals surface area contributed by atoms with E-state index in [4.69, 9.17) is 32.7 Å². The van der Waals surface area contributed by atoms with Gasteiger partial charge >= 0.3 is 5.97 Å². The van der Waals surface area contributed by atoms with Gasteiger partial charge in [0.1, 0.15) is 5.75 Å². The Bertz CT molecular complexity index is 830. The monoisotopic (exact) mass is 422 g/mol. The summed E-state index contributed by atoms with van der Waals surface area (Å²) in [6.07, 6.45) is 0. The SMILES string of the molecule is COc1ccc(N2CCN(C(=O)COC(=O)c3cc(Cl)cc(Cl)c3)CC2)cc1. The summed E-state index contributed by atoms with van der Waals surface area (Å²) in [6.45, 7) is 2.22. The summed E-state index contributed by atoms with van der Waals surface area (Å²) in [4.78, 5) is 28.3. The topological polar surface area (TPSA) is 59.1 Å². The van der Waals surface area contributed by atoms with Crippen molar-refractivity contribution in [3.05, 3.63) is 58.1 Å². The Balaban J connectivity index is 1.48. The third kappa shape index (κ3) is 5.09. The molecular weight excluding hydrogens is 403 g/mol. The number of hydrogen-bond acceptors (Lipinski definition) is 5. The number of methoxy groups -OCH3 is 1. The molecule has 0 N–H and O–H groups in total. The highest BCUT2D eigenvalue weighted by molar-refractivity contribution is 6.35. The highest BCUT2D eigenvalue weighted by Crippen LogP contribution is 2.21. The van der Waals surface area contributed by atoms with Gasteiger partial charge in [-0.3, -0.25) is 4.79 Å². The highest BCUT2D eigenvalue weighted by atomic mass is 35.5. The van der Waals surface area contributed by atoms with Gasteiger partial charge in [-0.15, -0.1) is 0 Å². The van der Waals surface area contributed by atoms with Crippen molar-refractivity contribution in [2.45, 2.75) is 0 Å². The average molecular weight is 423 g/mol. The lowest BCUT2D eigenvalue weighted by Crippen LogP contribution is -2.49. The maximum absolute atomic E-state index is 12.4. The number of ether oxygens (including phenoxy) is 2. The van der Waals surface area contributed by atoms with Crippen LogP contribution in [0.1, 0.15) is 10.4 Å². The van der Waals surface area contributed by atoms with E-state index in [1.54, 1.807) is 12.0 Å². The summed E-state index contributed by atoms with van der Waals surface area (Å²) in [5, 5.41) is 0.667. The van der Waals surface area contributed by atoms with E-state index in [0.717, 1.165) is 11.4 Å². The van der Waals surface area contributed by atoms with Crippen molar-refractivity contribution in [2.24, 2.45) is 0 Å². The number of piperazine rings is 1. The van der Waals surface area contributed by atoms with Crippen molar-refractivity contribution >= 4 is 40.8 Å². The van der Waals surface area contributed by atoms with Crippen molar-refractivity contribution in [1.29, 1.82) is 0 Å². The molecule has 28 heavy (non-hydrogen) atoms. The van der Waals surface area contributed by atoms with Gasteiger partial charge in [0.15, 0.2) is 6.61 Å². The largest absolute Gasteiger partial charge is 0.497 e. The van der Waals surface area contributed by atoms with Gasteiger partial charge in [0.25, 0.3) is 5.91 Å². The predicted molar refractivity (Wildman–Crippen MR) is 109 cm³/mol. The quantitative estimate of drug-likeness (QED) is 0.689. The van der Waals surface area contributed by atoms with Gasteiger partial charge in [0.2, 0.25) is 0 Å². The van der Waals surface area contributed by atoms with E-state index in [1.165, 1.54) is 18.2 Å². The van der Waals surface area contributed by atoms with Crippen molar-refractivity contribution in [1.82, 2.24) is 4.90 Å². The molecule has 6 nitrogen and oxygen atoms in total. The Morgan fingerprint density at radius 2 is 1.57 bits per heavy atom. The Morgan fingerprint density at radius 1 is 0.964 bits per heavy atom. The second kappa shape index (κ2) is 9.17.